The predicted octanol–water partition coefficient (Wildman–Crippen LogP) is 2.32. The van der Waals surface area contributed by atoms with Gasteiger partial charge in [0.05, 0.1) is 6.42 Å². The first-order valence-corrected chi connectivity index (χ1v) is 6.13. The van der Waals surface area contributed by atoms with E-state index in [1.54, 1.807) is 12.1 Å². The van der Waals surface area contributed by atoms with E-state index in [1.807, 2.05) is 0 Å². The molecule has 0 saturated heterocycles. The summed E-state index contributed by atoms with van der Waals surface area (Å²) in [7, 11) is 0. The number of nitrogens with one attached hydrogen (secondary N) is 1. The Balaban J connectivity index is 2.57. The topological polar surface area (TPSA) is 66.4 Å². The van der Waals surface area contributed by atoms with E-state index >= 15 is 0 Å². The van der Waals surface area contributed by atoms with Crippen LogP contribution >= 0.6 is 15.9 Å². The molecule has 18 heavy (non-hydrogen) atoms. The number of carbonyl (C=O) groups excluding carboxylic acids is 1. The summed E-state index contributed by atoms with van der Waals surface area (Å²) in [5.74, 6) is -2.50. The first-order chi connectivity index (χ1) is 8.40. The van der Waals surface area contributed by atoms with E-state index < -0.39 is 23.6 Å². The van der Waals surface area contributed by atoms with E-state index in [0.29, 0.717) is 10.0 Å². The van der Waals surface area contributed by atoms with Crippen molar-refractivity contribution in [3.63, 3.8) is 0 Å². The number of hydrogen-bond acceptors (Lipinski definition) is 2. The number of halogens is 2. The van der Waals surface area contributed by atoms with Crippen molar-refractivity contribution < 1.29 is 19.1 Å². The van der Waals surface area contributed by atoms with Gasteiger partial charge < -0.3 is 10.4 Å². The molecule has 1 rings (SSSR count). The van der Waals surface area contributed by atoms with Gasteiger partial charge in [0.25, 0.3) is 0 Å². The molecule has 0 fully saturated rings. The van der Waals surface area contributed by atoms with Crippen molar-refractivity contribution in [1.82, 2.24) is 5.32 Å². The average molecular weight is 318 g/mol. The lowest BCUT2D eigenvalue weighted by atomic mass is 10.1. The van der Waals surface area contributed by atoms with E-state index in [9.17, 15) is 14.0 Å². The molecular formula is C12H13BrFNO3. The molecule has 0 spiro atoms. The third-order valence-corrected chi connectivity index (χ3v) is 2.88. The molecular weight excluding hydrogens is 305 g/mol. The molecule has 1 amide bonds. The highest BCUT2D eigenvalue weighted by molar-refractivity contribution is 9.10. The van der Waals surface area contributed by atoms with Gasteiger partial charge in [-0.25, -0.2) is 4.39 Å². The fraction of sp³-hybridized carbons (Fsp3) is 0.333. The van der Waals surface area contributed by atoms with Gasteiger partial charge in [0, 0.05) is 22.5 Å². The van der Waals surface area contributed by atoms with E-state index in [0.717, 1.165) is 0 Å². The molecule has 0 heterocycles. The van der Waals surface area contributed by atoms with Gasteiger partial charge in [-0.3, -0.25) is 9.59 Å². The zero-order valence-electron chi connectivity index (χ0n) is 9.74. The molecule has 2 N–H and O–H groups in total. The van der Waals surface area contributed by atoms with Crippen molar-refractivity contribution >= 4 is 27.8 Å². The third kappa shape index (κ3) is 4.44. The van der Waals surface area contributed by atoms with Gasteiger partial charge in [0.1, 0.15) is 5.82 Å². The summed E-state index contributed by atoms with van der Waals surface area (Å²) < 4.78 is 14.1. The summed E-state index contributed by atoms with van der Waals surface area (Å²) in [6.07, 6.45) is -0.243. The van der Waals surface area contributed by atoms with E-state index in [1.165, 1.54) is 13.0 Å². The zero-order chi connectivity index (χ0) is 13.7. The monoisotopic (exact) mass is 317 g/mol. The molecule has 1 aromatic carbocycles. The number of hydrogen-bond donors (Lipinski definition) is 2. The van der Waals surface area contributed by atoms with Crippen molar-refractivity contribution in [3.05, 3.63) is 34.1 Å². The van der Waals surface area contributed by atoms with Crippen molar-refractivity contribution in [1.29, 1.82) is 0 Å². The smallest absolute Gasteiger partial charge is 0.304 e. The largest absolute Gasteiger partial charge is 0.481 e. The van der Waals surface area contributed by atoms with Gasteiger partial charge in [-0.1, -0.05) is 22.9 Å². The van der Waals surface area contributed by atoms with Gasteiger partial charge >= 0.3 is 5.97 Å². The third-order valence-electron chi connectivity index (χ3n) is 2.39. The van der Waals surface area contributed by atoms with Crippen molar-refractivity contribution in [2.75, 3.05) is 0 Å². The lowest BCUT2D eigenvalue weighted by Crippen LogP contribution is -2.30. The highest BCUT2D eigenvalue weighted by atomic mass is 79.9. The first kappa shape index (κ1) is 14.6. The molecule has 0 saturated carbocycles. The lowest BCUT2D eigenvalue weighted by Gasteiger charge is -2.10. The summed E-state index contributed by atoms with van der Waals surface area (Å²) in [4.78, 5) is 22.0. The van der Waals surface area contributed by atoms with Crippen LogP contribution in [0.1, 0.15) is 18.9 Å². The quantitative estimate of drug-likeness (QED) is 0.875. The maximum atomic E-state index is 13.4. The predicted molar refractivity (Wildman–Crippen MR) is 67.4 cm³/mol. The van der Waals surface area contributed by atoms with Crippen LogP contribution in [0.25, 0.3) is 0 Å². The van der Waals surface area contributed by atoms with Gasteiger partial charge in [-0.05, 0) is 18.2 Å². The molecule has 1 aromatic rings. The van der Waals surface area contributed by atoms with Crippen LogP contribution in [-0.4, -0.2) is 17.0 Å². The lowest BCUT2D eigenvalue weighted by molar-refractivity contribution is -0.140. The summed E-state index contributed by atoms with van der Waals surface area (Å²) in [5.41, 5.74) is 0.347. The minimum Gasteiger partial charge on any atom is -0.481 e. The van der Waals surface area contributed by atoms with E-state index in [-0.39, 0.29) is 13.0 Å². The molecule has 6 heteroatoms. The number of rotatable bonds is 5. The highest BCUT2D eigenvalue weighted by Crippen LogP contribution is 2.15. The second-order valence-corrected chi connectivity index (χ2v) is 4.87. The highest BCUT2D eigenvalue weighted by Gasteiger charge is 2.16. The molecule has 0 radical (unpaired) electrons. The second-order valence-electron chi connectivity index (χ2n) is 3.95. The SMILES string of the molecule is CC(CC(=O)O)C(=O)NCc1cc(Br)ccc1F. The maximum Gasteiger partial charge on any atom is 0.304 e. The first-order valence-electron chi connectivity index (χ1n) is 5.33. The Kier molecular flexibility index (Phi) is 5.27. The van der Waals surface area contributed by atoms with Crippen LogP contribution in [0.2, 0.25) is 0 Å². The van der Waals surface area contributed by atoms with Crippen LogP contribution in [0.3, 0.4) is 0 Å². The summed E-state index contributed by atoms with van der Waals surface area (Å²) in [6.45, 7) is 1.55. The van der Waals surface area contributed by atoms with Gasteiger partial charge in [0.2, 0.25) is 5.91 Å². The van der Waals surface area contributed by atoms with Gasteiger partial charge in [-0.2, -0.15) is 0 Å². The molecule has 4 nitrogen and oxygen atoms in total. The fourth-order valence-corrected chi connectivity index (χ4v) is 1.80. The molecule has 1 unspecified atom stereocenters. The summed E-state index contributed by atoms with van der Waals surface area (Å²) in [5, 5.41) is 11.1. The fourth-order valence-electron chi connectivity index (χ4n) is 1.39. The average Bonchev–Trinajstić information content (AvgIpc) is 2.29. The van der Waals surface area contributed by atoms with Gasteiger partial charge in [0.15, 0.2) is 0 Å². The van der Waals surface area contributed by atoms with Crippen molar-refractivity contribution in [2.24, 2.45) is 5.92 Å². The normalized spacial score (nSPS) is 11.9. The van der Waals surface area contributed by atoms with Crippen molar-refractivity contribution in [3.8, 4) is 0 Å². The molecule has 0 bridgehead atoms. The van der Waals surface area contributed by atoms with Crippen LogP contribution in [0.5, 0.6) is 0 Å². The minimum atomic E-state index is -1.04. The minimum absolute atomic E-state index is 0.0358. The molecule has 0 aliphatic rings. The standard InChI is InChI=1S/C12H13BrFNO3/c1-7(4-11(16)17)12(18)15-6-8-5-9(13)2-3-10(8)14/h2-3,5,7H,4,6H2,1H3,(H,15,18)(H,16,17). The number of benzene rings is 1. The Labute approximate surface area is 112 Å². The van der Waals surface area contributed by atoms with Gasteiger partial charge in [-0.15, -0.1) is 0 Å². The number of amides is 1. The Morgan fingerprint density at radius 1 is 1.50 bits per heavy atom. The zero-order valence-corrected chi connectivity index (χ0v) is 11.3. The number of carboxylic acids is 1. The van der Waals surface area contributed by atoms with Crippen LogP contribution in [0.15, 0.2) is 22.7 Å². The van der Waals surface area contributed by atoms with Crippen LogP contribution in [-0.2, 0) is 16.1 Å². The van der Waals surface area contributed by atoms with Crippen LogP contribution < -0.4 is 5.32 Å². The number of aliphatic carboxylic acids is 1. The summed E-state index contributed by atoms with van der Waals surface area (Å²) >= 11 is 3.21. The Morgan fingerprint density at radius 3 is 2.78 bits per heavy atom. The Hall–Kier alpha value is -1.43. The van der Waals surface area contributed by atoms with Crippen LogP contribution in [0.4, 0.5) is 4.39 Å². The van der Waals surface area contributed by atoms with E-state index in [2.05, 4.69) is 21.2 Å². The number of carboxylic acid groups (broad SMARTS) is 1. The second kappa shape index (κ2) is 6.49. The number of carbonyl (C=O) groups is 2. The Morgan fingerprint density at radius 2 is 2.17 bits per heavy atom. The molecule has 0 aliphatic heterocycles. The van der Waals surface area contributed by atoms with Crippen molar-refractivity contribution in [2.45, 2.75) is 19.9 Å². The van der Waals surface area contributed by atoms with E-state index in [4.69, 9.17) is 5.11 Å². The maximum absolute atomic E-state index is 13.4. The molecule has 98 valence electrons. The Bertz CT molecular complexity index is 465. The molecule has 0 aromatic heterocycles. The van der Waals surface area contributed by atoms with Crippen LogP contribution in [0, 0.1) is 11.7 Å². The molecule has 0 aliphatic carbocycles. The summed E-state index contributed by atoms with van der Waals surface area (Å²) in [6, 6.07) is 4.43. The molecule has 1 atom stereocenters.